The van der Waals surface area contributed by atoms with Crippen LogP contribution >= 0.6 is 11.3 Å². The van der Waals surface area contributed by atoms with E-state index < -0.39 is 28.9 Å². The standard InChI is InChI=1S/C37H37N5O4S/c1-26(34(44)46-36(2,3)4)24-45-42-32(33(43)39-30-20-22-38-23-21-30)31-25-47-35(40-31)41-37(27-14-8-5-9-15-27,28-16-10-6-11-17-28)29-18-12-7-13-19-29/h5-23,25-26H,24H2,1-4H3,(H,40,41)(H,38,39,43). The van der Waals surface area contributed by atoms with Gasteiger partial charge >= 0.3 is 5.97 Å². The van der Waals surface area contributed by atoms with E-state index in [4.69, 9.17) is 14.6 Å². The van der Waals surface area contributed by atoms with Crippen molar-refractivity contribution in [3.63, 3.8) is 0 Å². The van der Waals surface area contributed by atoms with E-state index in [1.54, 1.807) is 57.6 Å². The van der Waals surface area contributed by atoms with Gasteiger partial charge in [-0.15, -0.1) is 11.3 Å². The topological polar surface area (TPSA) is 115 Å². The third kappa shape index (κ3) is 8.28. The lowest BCUT2D eigenvalue weighted by Gasteiger charge is -2.36. The number of hydrogen-bond donors (Lipinski definition) is 2. The molecule has 1 atom stereocenters. The van der Waals surface area contributed by atoms with E-state index in [9.17, 15) is 9.59 Å². The lowest BCUT2D eigenvalue weighted by molar-refractivity contribution is -0.161. The summed E-state index contributed by atoms with van der Waals surface area (Å²) in [5.41, 5.74) is 2.38. The molecule has 240 valence electrons. The summed E-state index contributed by atoms with van der Waals surface area (Å²) in [6.07, 6.45) is 3.15. The number of carbonyl (C=O) groups is 2. The summed E-state index contributed by atoms with van der Waals surface area (Å²) in [7, 11) is 0. The highest BCUT2D eigenvalue weighted by atomic mass is 32.1. The van der Waals surface area contributed by atoms with Crippen molar-refractivity contribution >= 4 is 39.7 Å². The SMILES string of the molecule is CC(CON=C(C(=O)Nc1ccncc1)c1csc(NC(c2ccccc2)(c2ccccc2)c2ccccc2)n1)C(=O)OC(C)(C)C. The van der Waals surface area contributed by atoms with Gasteiger partial charge in [-0.25, -0.2) is 4.98 Å². The van der Waals surface area contributed by atoms with Crippen LogP contribution in [-0.4, -0.2) is 39.8 Å². The Bertz CT molecular complexity index is 1690. The van der Waals surface area contributed by atoms with Crippen molar-refractivity contribution in [2.24, 2.45) is 11.1 Å². The Morgan fingerprint density at radius 1 is 0.830 bits per heavy atom. The minimum atomic E-state index is -0.811. The van der Waals surface area contributed by atoms with Crippen molar-refractivity contribution < 1.29 is 19.2 Å². The lowest BCUT2D eigenvalue weighted by atomic mass is 9.77. The fraction of sp³-hybridized carbons (Fsp3) is 0.216. The van der Waals surface area contributed by atoms with Crippen molar-refractivity contribution in [1.29, 1.82) is 0 Å². The number of hydrogen-bond acceptors (Lipinski definition) is 9. The zero-order valence-corrected chi connectivity index (χ0v) is 27.5. The highest BCUT2D eigenvalue weighted by Gasteiger charge is 2.37. The number of amides is 1. The number of ether oxygens (including phenoxy) is 1. The van der Waals surface area contributed by atoms with Gasteiger partial charge in [0, 0.05) is 23.5 Å². The maximum Gasteiger partial charge on any atom is 0.312 e. The second-order valence-corrected chi connectivity index (χ2v) is 12.7. The molecule has 9 nitrogen and oxygen atoms in total. The predicted octanol–water partition coefficient (Wildman–Crippen LogP) is 7.28. The van der Waals surface area contributed by atoms with Gasteiger partial charge in [0.25, 0.3) is 5.91 Å². The summed E-state index contributed by atoms with van der Waals surface area (Å²) in [5.74, 6) is -1.56. The highest BCUT2D eigenvalue weighted by Crippen LogP contribution is 2.40. The summed E-state index contributed by atoms with van der Waals surface area (Å²) in [6, 6.07) is 33.8. The Morgan fingerprint density at radius 3 is 1.87 bits per heavy atom. The molecule has 5 rings (SSSR count). The van der Waals surface area contributed by atoms with Crippen molar-refractivity contribution in [3.05, 3.63) is 143 Å². The average molecular weight is 648 g/mol. The molecule has 0 saturated carbocycles. The second-order valence-electron chi connectivity index (χ2n) is 11.9. The molecule has 0 aliphatic heterocycles. The quantitative estimate of drug-likeness (QED) is 0.0633. The largest absolute Gasteiger partial charge is 0.460 e. The van der Waals surface area contributed by atoms with Crippen LogP contribution in [0.3, 0.4) is 0 Å². The van der Waals surface area contributed by atoms with Gasteiger partial charge in [-0.05, 0) is 56.5 Å². The van der Waals surface area contributed by atoms with Crippen molar-refractivity contribution in [2.75, 3.05) is 17.2 Å². The first-order valence-electron chi connectivity index (χ1n) is 15.2. The molecule has 0 bridgehead atoms. The Hall–Kier alpha value is -5.35. The maximum atomic E-state index is 13.6. The molecule has 2 heterocycles. The van der Waals surface area contributed by atoms with E-state index >= 15 is 0 Å². The number of oxime groups is 1. The van der Waals surface area contributed by atoms with Gasteiger partial charge in [-0.1, -0.05) is 96.2 Å². The molecule has 47 heavy (non-hydrogen) atoms. The number of pyridine rings is 1. The molecule has 10 heteroatoms. The van der Waals surface area contributed by atoms with E-state index in [0.29, 0.717) is 16.5 Å². The average Bonchev–Trinajstić information content (AvgIpc) is 3.54. The number of carbonyl (C=O) groups excluding carboxylic acids is 2. The van der Waals surface area contributed by atoms with Crippen LogP contribution in [0.25, 0.3) is 0 Å². The van der Waals surface area contributed by atoms with Gasteiger partial charge in [0.2, 0.25) is 0 Å². The van der Waals surface area contributed by atoms with E-state index in [0.717, 1.165) is 16.7 Å². The van der Waals surface area contributed by atoms with E-state index in [2.05, 4.69) is 57.2 Å². The van der Waals surface area contributed by atoms with Gasteiger partial charge in [0.05, 0.1) is 5.92 Å². The van der Waals surface area contributed by atoms with Crippen LogP contribution in [0.5, 0.6) is 0 Å². The molecule has 5 aromatic rings. The van der Waals surface area contributed by atoms with Gasteiger partial charge < -0.3 is 20.2 Å². The third-order valence-electron chi connectivity index (χ3n) is 7.10. The molecule has 2 N–H and O–H groups in total. The number of benzene rings is 3. The van der Waals surface area contributed by atoms with Crippen LogP contribution in [-0.2, 0) is 24.7 Å². The zero-order chi connectivity index (χ0) is 33.3. The van der Waals surface area contributed by atoms with Crippen LogP contribution in [0.4, 0.5) is 10.8 Å². The third-order valence-corrected chi connectivity index (χ3v) is 7.86. The van der Waals surface area contributed by atoms with Gasteiger partial charge in [-0.3, -0.25) is 14.6 Å². The number of nitrogens with one attached hydrogen (secondary N) is 2. The molecule has 1 amide bonds. The number of nitrogens with zero attached hydrogens (tertiary/aromatic N) is 3. The molecule has 0 radical (unpaired) electrons. The minimum Gasteiger partial charge on any atom is -0.460 e. The number of anilines is 2. The van der Waals surface area contributed by atoms with E-state index in [-0.39, 0.29) is 12.3 Å². The van der Waals surface area contributed by atoms with Crippen LogP contribution in [0, 0.1) is 5.92 Å². The zero-order valence-electron chi connectivity index (χ0n) is 26.7. The van der Waals surface area contributed by atoms with E-state index in [1.165, 1.54) is 11.3 Å². The highest BCUT2D eigenvalue weighted by molar-refractivity contribution is 7.14. The Kier molecular flexibility index (Phi) is 10.4. The molecule has 0 spiro atoms. The molecule has 2 aromatic heterocycles. The number of esters is 1. The molecule has 1 unspecified atom stereocenters. The van der Waals surface area contributed by atoms with Gasteiger partial charge in [0.15, 0.2) is 10.8 Å². The molecule has 0 aliphatic rings. The second kappa shape index (κ2) is 14.8. The summed E-state index contributed by atoms with van der Waals surface area (Å²) >= 11 is 1.34. The Morgan fingerprint density at radius 2 is 1.36 bits per heavy atom. The monoisotopic (exact) mass is 647 g/mol. The predicted molar refractivity (Wildman–Crippen MR) is 185 cm³/mol. The van der Waals surface area contributed by atoms with Crippen LogP contribution in [0.1, 0.15) is 50.1 Å². The van der Waals surface area contributed by atoms with E-state index in [1.807, 2.05) is 54.6 Å². The van der Waals surface area contributed by atoms with Crippen molar-refractivity contribution in [2.45, 2.75) is 38.8 Å². The normalized spacial score (nSPS) is 12.6. The molecular formula is C37H37N5O4S. The fourth-order valence-electron chi connectivity index (χ4n) is 4.90. The molecule has 0 aliphatic carbocycles. The maximum absolute atomic E-state index is 13.6. The van der Waals surface area contributed by atoms with Gasteiger partial charge in [-0.2, -0.15) is 0 Å². The molecular weight excluding hydrogens is 611 g/mol. The lowest BCUT2D eigenvalue weighted by Crippen LogP contribution is -2.38. The van der Waals surface area contributed by atoms with Crippen molar-refractivity contribution in [3.8, 4) is 0 Å². The molecule has 3 aromatic carbocycles. The number of thiazole rings is 1. The van der Waals surface area contributed by atoms with Crippen LogP contribution < -0.4 is 10.6 Å². The van der Waals surface area contributed by atoms with Crippen LogP contribution in [0.15, 0.2) is 126 Å². The smallest absolute Gasteiger partial charge is 0.312 e. The van der Waals surface area contributed by atoms with Crippen molar-refractivity contribution in [1.82, 2.24) is 9.97 Å². The Balaban J connectivity index is 1.50. The molecule has 0 fully saturated rings. The first kappa shape index (κ1) is 33.0. The first-order chi connectivity index (χ1) is 22.7. The number of aromatic nitrogens is 2. The molecule has 0 saturated heterocycles. The van der Waals surface area contributed by atoms with Gasteiger partial charge in [0.1, 0.15) is 23.4 Å². The fourth-order valence-corrected chi connectivity index (χ4v) is 5.65. The summed E-state index contributed by atoms with van der Waals surface area (Å²) in [4.78, 5) is 40.5. The minimum absolute atomic E-state index is 0.0489. The summed E-state index contributed by atoms with van der Waals surface area (Å²) in [6.45, 7) is 6.99. The first-order valence-corrected chi connectivity index (χ1v) is 16.1. The summed E-state index contributed by atoms with van der Waals surface area (Å²) in [5, 5.41) is 13.1. The summed E-state index contributed by atoms with van der Waals surface area (Å²) < 4.78 is 5.46. The Labute approximate surface area is 278 Å². The number of rotatable bonds is 12. The van der Waals surface area contributed by atoms with Crippen LogP contribution in [0.2, 0.25) is 0 Å².